The Bertz CT molecular complexity index is 328. The van der Waals surface area contributed by atoms with Gasteiger partial charge in [0.2, 0.25) is 8.32 Å². The van der Waals surface area contributed by atoms with Gasteiger partial charge in [-0.3, -0.25) is 0 Å². The molecule has 0 bridgehead atoms. The fourth-order valence-corrected chi connectivity index (χ4v) is 1.71. The van der Waals surface area contributed by atoms with Crippen molar-refractivity contribution in [1.29, 1.82) is 0 Å². The van der Waals surface area contributed by atoms with E-state index in [2.05, 4.69) is 37.9 Å². The van der Waals surface area contributed by atoms with Gasteiger partial charge in [0.15, 0.2) is 0 Å². The maximum Gasteiger partial charge on any atom is 0.210 e. The zero-order valence-electron chi connectivity index (χ0n) is 9.44. The van der Waals surface area contributed by atoms with Crippen molar-refractivity contribution in [3.63, 3.8) is 0 Å². The van der Waals surface area contributed by atoms with E-state index < -0.39 is 8.32 Å². The molecule has 0 saturated carbocycles. The van der Waals surface area contributed by atoms with Crippen LogP contribution in [0.1, 0.15) is 5.56 Å². The second kappa shape index (κ2) is 5.68. The molecule has 0 fully saturated rings. The summed E-state index contributed by atoms with van der Waals surface area (Å²) in [6.07, 6.45) is 4.13. The van der Waals surface area contributed by atoms with E-state index in [1.165, 1.54) is 5.56 Å². The summed E-state index contributed by atoms with van der Waals surface area (Å²) in [5.41, 5.74) is 3.16. The molecule has 0 aromatic heterocycles. The first-order valence-corrected chi connectivity index (χ1v) is 8.12. The second-order valence-corrected chi connectivity index (χ2v) is 7.84. The van der Waals surface area contributed by atoms with Crippen LogP contribution in [-0.4, -0.2) is 14.9 Å². The molecule has 0 atom stereocenters. The number of benzene rings is 1. The summed E-state index contributed by atoms with van der Waals surface area (Å²) in [7, 11) is -1.60. The van der Waals surface area contributed by atoms with E-state index in [9.17, 15) is 0 Å². The molecule has 0 amide bonds. The molecule has 2 heteroatoms. The van der Waals surface area contributed by atoms with E-state index in [4.69, 9.17) is 4.43 Å². The highest BCUT2D eigenvalue weighted by molar-refractivity contribution is 6.76. The van der Waals surface area contributed by atoms with Gasteiger partial charge in [-0.15, -0.1) is 6.58 Å². The van der Waals surface area contributed by atoms with Gasteiger partial charge in [-0.25, -0.2) is 0 Å². The minimum Gasteiger partial charge on any atom is -0.410 e. The van der Waals surface area contributed by atoms with Gasteiger partial charge in [-0.1, -0.05) is 48.2 Å². The Balaban J connectivity index is 2.38. The highest BCUT2D eigenvalue weighted by Gasteiger charge is 2.15. The van der Waals surface area contributed by atoms with Crippen molar-refractivity contribution in [2.24, 2.45) is 0 Å². The van der Waals surface area contributed by atoms with Crippen LogP contribution in [0.5, 0.6) is 0 Å². The van der Waals surface area contributed by atoms with Gasteiger partial charge >= 0.3 is 0 Å². The molecule has 1 nitrogen and oxygen atoms in total. The predicted octanol–water partition coefficient (Wildman–Crippen LogP) is 3.65. The molecule has 0 unspecified atom stereocenters. The first-order chi connectivity index (χ1) is 7.14. The molecule has 0 aliphatic heterocycles. The van der Waals surface area contributed by atoms with Crippen molar-refractivity contribution in [2.75, 3.05) is 6.61 Å². The van der Waals surface area contributed by atoms with Crippen LogP contribution in [0.3, 0.4) is 0 Å². The Morgan fingerprint density at radius 2 is 1.93 bits per heavy atom. The van der Waals surface area contributed by atoms with E-state index in [0.717, 1.165) is 0 Å². The summed E-state index contributed by atoms with van der Waals surface area (Å²) >= 11 is 0. The average Bonchev–Trinajstić information content (AvgIpc) is 2.26. The topological polar surface area (TPSA) is 9.23 Å². The van der Waals surface area contributed by atoms with E-state index >= 15 is 0 Å². The molecule has 0 spiro atoms. The largest absolute Gasteiger partial charge is 0.410 e. The van der Waals surface area contributed by atoms with Crippen molar-refractivity contribution in [1.82, 2.24) is 0 Å². The molecule has 1 rings (SSSR count). The fourth-order valence-electron chi connectivity index (χ4n) is 1.07. The predicted molar refractivity (Wildman–Crippen MR) is 69.1 cm³/mol. The van der Waals surface area contributed by atoms with Crippen LogP contribution in [0.2, 0.25) is 13.1 Å². The van der Waals surface area contributed by atoms with Gasteiger partial charge in [0.1, 0.15) is 0 Å². The lowest BCUT2D eigenvalue weighted by Crippen LogP contribution is -2.27. The molecule has 0 heterocycles. The lowest BCUT2D eigenvalue weighted by molar-refractivity contribution is 0.362. The normalized spacial score (nSPS) is 11.9. The summed E-state index contributed by atoms with van der Waals surface area (Å²) < 4.78 is 5.73. The van der Waals surface area contributed by atoms with Gasteiger partial charge in [-0.2, -0.15) is 0 Å². The summed E-state index contributed by atoms with van der Waals surface area (Å²) in [6, 6.07) is 10.2. The van der Waals surface area contributed by atoms with Gasteiger partial charge in [0, 0.05) is 0 Å². The summed E-state index contributed by atoms with van der Waals surface area (Å²) in [5, 5.41) is 0. The second-order valence-electron chi connectivity index (χ2n) is 3.93. The van der Waals surface area contributed by atoms with Gasteiger partial charge in [-0.05, 0) is 18.7 Å². The molecular weight excluding hydrogens is 200 g/mol. The van der Waals surface area contributed by atoms with Gasteiger partial charge in [0.05, 0.1) is 6.61 Å². The van der Waals surface area contributed by atoms with Crippen LogP contribution >= 0.6 is 0 Å². The number of hydrogen-bond acceptors (Lipinski definition) is 1. The molecule has 0 saturated heterocycles. The fraction of sp³-hybridized carbons (Fsp3) is 0.231. The van der Waals surface area contributed by atoms with E-state index in [1.54, 1.807) is 0 Å². The van der Waals surface area contributed by atoms with Gasteiger partial charge in [0.25, 0.3) is 0 Å². The Kier molecular flexibility index (Phi) is 4.53. The van der Waals surface area contributed by atoms with Crippen molar-refractivity contribution >= 4 is 14.4 Å². The number of hydrogen-bond donors (Lipinski definition) is 0. The molecule has 1 aromatic rings. The monoisotopic (exact) mass is 218 g/mol. The quantitative estimate of drug-likeness (QED) is 0.686. The molecule has 0 aliphatic carbocycles. The Hall–Kier alpha value is -1.12. The van der Waals surface area contributed by atoms with E-state index in [0.29, 0.717) is 6.61 Å². The molecule has 80 valence electrons. The standard InChI is InChI=1S/C13H18OSi/c1-4-15(2,3)14-12-8-11-13-9-6-5-7-10-13/h4-11H,1,12H2,2-3H3. The van der Waals surface area contributed by atoms with Crippen LogP contribution < -0.4 is 0 Å². The minimum absolute atomic E-state index is 0.667. The third-order valence-corrected chi connectivity index (χ3v) is 4.05. The van der Waals surface area contributed by atoms with Crippen LogP contribution in [0.25, 0.3) is 6.08 Å². The molecule has 0 radical (unpaired) electrons. The lowest BCUT2D eigenvalue weighted by atomic mass is 10.2. The third kappa shape index (κ3) is 4.77. The molecular formula is C13H18OSi. The highest BCUT2D eigenvalue weighted by Crippen LogP contribution is 2.06. The van der Waals surface area contributed by atoms with Crippen molar-refractivity contribution in [3.05, 3.63) is 54.2 Å². The smallest absolute Gasteiger partial charge is 0.210 e. The van der Waals surface area contributed by atoms with Crippen LogP contribution in [-0.2, 0) is 4.43 Å². The number of rotatable bonds is 5. The molecule has 0 aliphatic rings. The zero-order chi connectivity index (χ0) is 11.1. The Labute approximate surface area is 93.2 Å². The Morgan fingerprint density at radius 1 is 1.27 bits per heavy atom. The average molecular weight is 218 g/mol. The minimum atomic E-state index is -1.60. The van der Waals surface area contributed by atoms with Crippen LogP contribution in [0.4, 0.5) is 0 Å². The third-order valence-electron chi connectivity index (χ3n) is 2.15. The van der Waals surface area contributed by atoms with E-state index in [-0.39, 0.29) is 0 Å². The first-order valence-electron chi connectivity index (χ1n) is 5.13. The summed E-state index contributed by atoms with van der Waals surface area (Å²) in [4.78, 5) is 0. The van der Waals surface area contributed by atoms with Crippen molar-refractivity contribution in [2.45, 2.75) is 13.1 Å². The lowest BCUT2D eigenvalue weighted by Gasteiger charge is -2.16. The highest BCUT2D eigenvalue weighted by atomic mass is 28.4. The van der Waals surface area contributed by atoms with Gasteiger partial charge < -0.3 is 4.43 Å². The van der Waals surface area contributed by atoms with Crippen LogP contribution in [0.15, 0.2) is 48.7 Å². The SMILES string of the molecule is C=C[Si](C)(C)OCC=Cc1ccccc1. The zero-order valence-corrected chi connectivity index (χ0v) is 10.4. The maximum atomic E-state index is 5.73. The molecule has 0 N–H and O–H groups in total. The van der Waals surface area contributed by atoms with Crippen molar-refractivity contribution in [3.8, 4) is 0 Å². The van der Waals surface area contributed by atoms with E-state index in [1.807, 2.05) is 30.0 Å². The van der Waals surface area contributed by atoms with Crippen molar-refractivity contribution < 1.29 is 4.43 Å². The summed E-state index contributed by atoms with van der Waals surface area (Å²) in [5.74, 6) is 0. The molecule has 1 aromatic carbocycles. The van der Waals surface area contributed by atoms with Crippen LogP contribution in [0, 0.1) is 0 Å². The Morgan fingerprint density at radius 3 is 2.53 bits per heavy atom. The maximum absolute atomic E-state index is 5.73. The molecule has 15 heavy (non-hydrogen) atoms. The summed E-state index contributed by atoms with van der Waals surface area (Å²) in [6.45, 7) is 8.72. The first kappa shape index (κ1) is 11.9.